The van der Waals surface area contributed by atoms with Crippen molar-refractivity contribution in [2.45, 2.75) is 180 Å². The smallest absolute Gasteiger partial charge is 0.144 e. The highest BCUT2D eigenvalue weighted by Gasteiger charge is 2.70. The zero-order chi connectivity index (χ0) is 36.8. The van der Waals surface area contributed by atoms with Gasteiger partial charge in [-0.2, -0.15) is 0 Å². The van der Waals surface area contributed by atoms with Crippen LogP contribution in [0.2, 0.25) is 0 Å². The van der Waals surface area contributed by atoms with E-state index in [1.807, 2.05) is 0 Å². The quantitative estimate of drug-likeness (QED) is 0.166. The fourth-order valence-electron chi connectivity index (χ4n) is 15.0. The van der Waals surface area contributed by atoms with E-state index >= 15 is 0 Å². The Morgan fingerprint density at radius 3 is 2.00 bits per heavy atom. The maximum absolute atomic E-state index is 10.9. The molecule has 9 N–H and O–H groups in total. The van der Waals surface area contributed by atoms with Gasteiger partial charge in [-0.05, 0) is 140 Å². The van der Waals surface area contributed by atoms with Crippen LogP contribution in [-0.2, 0) is 4.74 Å². The summed E-state index contributed by atoms with van der Waals surface area (Å²) in [4.78, 5) is 0. The zero-order valence-electron chi connectivity index (χ0n) is 32.2. The van der Waals surface area contributed by atoms with Gasteiger partial charge in [0.1, 0.15) is 36.1 Å². The van der Waals surface area contributed by atoms with E-state index < -0.39 is 61.5 Å². The molecule has 50 heavy (non-hydrogen) atoms. The van der Waals surface area contributed by atoms with Crippen LogP contribution in [0.5, 0.6) is 0 Å². The Labute approximate surface area is 301 Å². The minimum absolute atomic E-state index is 0.327. The van der Waals surface area contributed by atoms with Crippen molar-refractivity contribution >= 4 is 0 Å². The van der Waals surface area contributed by atoms with Crippen LogP contribution >= 0.6 is 0 Å². The van der Waals surface area contributed by atoms with Gasteiger partial charge in [0.15, 0.2) is 0 Å². The monoisotopic (exact) mass is 708 g/mol. The molecule has 0 aromatic heterocycles. The summed E-state index contributed by atoms with van der Waals surface area (Å²) in [6.45, 7) is 16.8. The molecule has 6 saturated carbocycles. The number of nitrogens with two attached hydrogens (primary N) is 1. The van der Waals surface area contributed by atoms with Crippen molar-refractivity contribution in [3.63, 3.8) is 0 Å². The van der Waals surface area contributed by atoms with E-state index in [2.05, 4.69) is 48.5 Å². The summed E-state index contributed by atoms with van der Waals surface area (Å²) in [6, 6.07) is -1.20. The summed E-state index contributed by atoms with van der Waals surface area (Å²) >= 11 is 0. The minimum Gasteiger partial charge on any atom is -0.393 e. The molecule has 0 amide bonds. The second-order valence-corrected chi connectivity index (χ2v) is 20.4. The second kappa shape index (κ2) is 13.4. The van der Waals surface area contributed by atoms with Crippen molar-refractivity contribution in [2.75, 3.05) is 13.2 Å². The van der Waals surface area contributed by atoms with Crippen molar-refractivity contribution in [1.29, 1.82) is 0 Å². The first-order chi connectivity index (χ1) is 23.2. The Hall–Kier alpha value is -0.360. The number of aliphatic hydroxyl groups excluding tert-OH is 6. The molecule has 0 aliphatic heterocycles. The Morgan fingerprint density at radius 1 is 0.740 bits per heavy atom. The van der Waals surface area contributed by atoms with E-state index in [-0.39, 0.29) is 0 Å². The van der Waals surface area contributed by atoms with Gasteiger partial charge in [0.05, 0.1) is 25.4 Å². The van der Waals surface area contributed by atoms with Crippen LogP contribution in [0.15, 0.2) is 0 Å². The molecule has 6 fully saturated rings. The predicted octanol–water partition coefficient (Wildman–Crippen LogP) is 4.15. The molecule has 9 heteroatoms. The minimum atomic E-state index is -2.20. The molecule has 6 aliphatic rings. The maximum Gasteiger partial charge on any atom is 0.144 e. The third-order valence-electron chi connectivity index (χ3n) is 18.0. The topological polar surface area (TPSA) is 177 Å². The van der Waals surface area contributed by atoms with Crippen LogP contribution in [0, 0.1) is 62.6 Å². The predicted molar refractivity (Wildman–Crippen MR) is 193 cm³/mol. The van der Waals surface area contributed by atoms with Crippen LogP contribution in [0.1, 0.15) is 132 Å². The SMILES string of the molecule is C[C@H](CC[C@@H](O)[C@@H](O)[C@@H](O)CO[C@H]1[C@H](N)[C@@H](O)[C@H](O)[C@@]1(O)CO)[C@H]1CC[C@]2(C)[C@H]3CC[C@@H]4[C@@]5(C)CCCC(C)(C)[C@@H]5CC[C@@]4(C)[C@]3(C)CC[C@@H]12. The molecule has 0 spiro atoms. The van der Waals surface area contributed by atoms with Crippen LogP contribution in [-0.4, -0.2) is 97.2 Å². The van der Waals surface area contributed by atoms with Crippen molar-refractivity contribution in [3.8, 4) is 0 Å². The van der Waals surface area contributed by atoms with E-state index in [4.69, 9.17) is 10.5 Å². The molecule has 0 saturated heterocycles. The third-order valence-corrected chi connectivity index (χ3v) is 18.0. The van der Waals surface area contributed by atoms with Crippen LogP contribution in [0.25, 0.3) is 0 Å². The second-order valence-electron chi connectivity index (χ2n) is 20.4. The van der Waals surface area contributed by atoms with Gasteiger partial charge in [-0.1, -0.05) is 54.9 Å². The van der Waals surface area contributed by atoms with Crippen LogP contribution in [0.4, 0.5) is 0 Å². The van der Waals surface area contributed by atoms with Crippen LogP contribution in [0.3, 0.4) is 0 Å². The van der Waals surface area contributed by atoms with Gasteiger partial charge < -0.3 is 46.2 Å². The molecule has 0 unspecified atom stereocenters. The molecule has 0 heterocycles. The number of rotatable bonds is 10. The summed E-state index contributed by atoms with van der Waals surface area (Å²) in [7, 11) is 0. The average molecular weight is 708 g/mol. The normalized spacial score (nSPS) is 52.3. The summed E-state index contributed by atoms with van der Waals surface area (Å²) in [5.41, 5.74) is 5.67. The summed E-state index contributed by atoms with van der Waals surface area (Å²) in [5.74, 6) is 4.03. The Kier molecular flexibility index (Phi) is 10.6. The van der Waals surface area contributed by atoms with Gasteiger partial charge in [0.25, 0.3) is 0 Å². The van der Waals surface area contributed by atoms with Gasteiger partial charge in [-0.25, -0.2) is 0 Å². The van der Waals surface area contributed by atoms with Gasteiger partial charge in [-0.3, -0.25) is 0 Å². The lowest BCUT2D eigenvalue weighted by Gasteiger charge is -2.73. The Morgan fingerprint density at radius 2 is 1.36 bits per heavy atom. The zero-order valence-corrected chi connectivity index (χ0v) is 32.2. The van der Waals surface area contributed by atoms with Crippen molar-refractivity contribution in [2.24, 2.45) is 68.3 Å². The molecular weight excluding hydrogens is 634 g/mol. The summed E-state index contributed by atoms with van der Waals surface area (Å²) in [5, 5.41) is 72.9. The van der Waals surface area contributed by atoms with Crippen LogP contribution < -0.4 is 5.73 Å². The lowest BCUT2D eigenvalue weighted by Crippen LogP contribution is -2.65. The Balaban J connectivity index is 1.06. The van der Waals surface area contributed by atoms with Crippen molar-refractivity contribution in [1.82, 2.24) is 0 Å². The fourth-order valence-corrected chi connectivity index (χ4v) is 15.0. The molecule has 6 aliphatic carbocycles. The lowest BCUT2D eigenvalue weighted by molar-refractivity contribution is -0.241. The molecule has 0 aromatic carbocycles. The van der Waals surface area contributed by atoms with Crippen molar-refractivity contribution < 1.29 is 40.5 Å². The first-order valence-corrected chi connectivity index (χ1v) is 20.3. The van der Waals surface area contributed by atoms with Gasteiger partial charge in [-0.15, -0.1) is 0 Å². The van der Waals surface area contributed by atoms with Gasteiger partial charge in [0, 0.05) is 0 Å². The number of aliphatic hydroxyl groups is 7. The molecule has 0 aromatic rings. The number of hydrogen-bond acceptors (Lipinski definition) is 9. The van der Waals surface area contributed by atoms with Gasteiger partial charge >= 0.3 is 0 Å². The molecule has 0 bridgehead atoms. The molecular formula is C41H73NO8. The van der Waals surface area contributed by atoms with Gasteiger partial charge in [0.2, 0.25) is 0 Å². The third kappa shape index (κ3) is 5.72. The highest BCUT2D eigenvalue weighted by molar-refractivity contribution is 5.19. The number of fused-ring (bicyclic) bond motifs is 7. The fraction of sp³-hybridized carbons (Fsp3) is 1.00. The first kappa shape index (κ1) is 39.3. The summed E-state index contributed by atoms with van der Waals surface area (Å²) in [6.07, 6.45) is 7.11. The largest absolute Gasteiger partial charge is 0.393 e. The van der Waals surface area contributed by atoms with E-state index in [1.165, 1.54) is 70.6 Å². The highest BCUT2D eigenvalue weighted by Crippen LogP contribution is 2.78. The average Bonchev–Trinajstić information content (AvgIpc) is 3.49. The van der Waals surface area contributed by atoms with E-state index in [9.17, 15) is 35.7 Å². The van der Waals surface area contributed by atoms with E-state index in [1.54, 1.807) is 0 Å². The number of hydrogen-bond donors (Lipinski definition) is 8. The highest BCUT2D eigenvalue weighted by atomic mass is 16.5. The van der Waals surface area contributed by atoms with E-state index in [0.29, 0.717) is 51.2 Å². The number of ether oxygens (including phenoxy) is 1. The van der Waals surface area contributed by atoms with Crippen molar-refractivity contribution in [3.05, 3.63) is 0 Å². The molecule has 290 valence electrons. The standard InChI is InChI=1S/C41H73NO8/c1-23(9-10-26(44)32(46)27(45)21-50-35-31(42)33(47)34(48)41(35,49)22-43)24-13-18-37(4)25(24)14-19-39(6)29(37)11-12-30-38(5)17-8-16-36(2,3)28(38)15-20-40(30,39)7/h23-35,43-49H,8-22,42H2,1-7H3/t23-,24-,25+,26-,27+,28+,29-,30-,31-,32-,33-,34+,35+,37+,38+,39-,40-,41+/m1/s1. The Bertz CT molecular complexity index is 1220. The molecule has 18 atom stereocenters. The first-order valence-electron chi connectivity index (χ1n) is 20.3. The lowest BCUT2D eigenvalue weighted by atomic mass is 9.32. The van der Waals surface area contributed by atoms with E-state index in [0.717, 1.165) is 24.2 Å². The summed E-state index contributed by atoms with van der Waals surface area (Å²) < 4.78 is 5.53. The maximum atomic E-state index is 10.9. The molecule has 0 radical (unpaired) electrons. The molecule has 9 nitrogen and oxygen atoms in total. The molecule has 6 rings (SSSR count).